The maximum absolute atomic E-state index is 6.43. The van der Waals surface area contributed by atoms with Crippen molar-refractivity contribution >= 4 is 21.8 Å². The van der Waals surface area contributed by atoms with Gasteiger partial charge in [0.05, 0.1) is 6.20 Å². The third-order valence-electron chi connectivity index (χ3n) is 9.20. The fourth-order valence-electron chi connectivity index (χ4n) is 6.56. The van der Waals surface area contributed by atoms with Crippen LogP contribution in [0.25, 0.3) is 44.4 Å². The smallest absolute Gasteiger partial charge is 0.509 e. The molecular weight excluding hydrogens is 796 g/mol. The molecule has 7 rings (SSSR count). The van der Waals surface area contributed by atoms with Crippen LogP contribution in [-0.2, 0) is 33.9 Å². The molecule has 0 radical (unpaired) electrons. The van der Waals surface area contributed by atoms with E-state index in [2.05, 4.69) is 125 Å². The van der Waals surface area contributed by atoms with E-state index in [1.54, 1.807) is 0 Å². The maximum Gasteiger partial charge on any atom is 2.00 e. The van der Waals surface area contributed by atoms with Crippen molar-refractivity contribution < 1.29 is 25.8 Å². The first-order valence-corrected chi connectivity index (χ1v) is 17.4. The number of hydrogen-bond acceptors (Lipinski definition) is 3. The Morgan fingerprint density at radius 1 is 0.840 bits per heavy atom. The number of rotatable bonds is 10. The first-order valence-electron chi connectivity index (χ1n) is 17.4. The van der Waals surface area contributed by atoms with Crippen LogP contribution in [-0.4, -0.2) is 19.3 Å². The molecule has 3 aromatic heterocycles. The molecular formula is C44H44N4OPt. The standard InChI is InChI=1S/C44H44N4O.Pt/c1-30(2)17-18-32-22-24-45-42(25-32)48-40-16-8-7-15-38(40)39-20-19-37(27-41(39)48)49-36-14-10-13-35(26-36)47-29-34(28-46-47)43-31(3)11-9-12-33(43)21-23-44(4,5)6;/h7-16,19-20,22,24-25,28-30H,17-18,21,23H2,1-6H3;/q-2;+2. The zero-order valence-electron chi connectivity index (χ0n) is 29.7. The molecule has 256 valence electrons. The summed E-state index contributed by atoms with van der Waals surface area (Å²) in [6.45, 7) is 13.6. The normalized spacial score (nSPS) is 11.7. The van der Waals surface area contributed by atoms with Gasteiger partial charge in [0, 0.05) is 35.0 Å². The zero-order chi connectivity index (χ0) is 34.1. The molecule has 0 aliphatic rings. The monoisotopic (exact) mass is 839 g/mol. The van der Waals surface area contributed by atoms with Crippen molar-refractivity contribution in [3.63, 3.8) is 0 Å². The van der Waals surface area contributed by atoms with Gasteiger partial charge in [-0.15, -0.1) is 35.7 Å². The average Bonchev–Trinajstić information content (AvgIpc) is 3.69. The molecule has 0 saturated heterocycles. The van der Waals surface area contributed by atoms with E-state index in [9.17, 15) is 0 Å². The molecule has 50 heavy (non-hydrogen) atoms. The van der Waals surface area contributed by atoms with Crippen molar-refractivity contribution in [2.75, 3.05) is 0 Å². The summed E-state index contributed by atoms with van der Waals surface area (Å²) in [6, 6.07) is 36.4. The van der Waals surface area contributed by atoms with Gasteiger partial charge in [0.15, 0.2) is 0 Å². The SMILES string of the molecule is Cc1cccc(CCC(C)(C)C)c1-c1cnn(-c2[c-]c(Oc3[c-]c4c(cc3)c3ccccc3n4-c3cc(CCC(C)C)ccn3)ccc2)c1.[Pt+2]. The fourth-order valence-corrected chi connectivity index (χ4v) is 6.56. The van der Waals surface area contributed by atoms with E-state index in [0.717, 1.165) is 64.6 Å². The Balaban J connectivity index is 0.00000432. The van der Waals surface area contributed by atoms with Crippen molar-refractivity contribution in [2.45, 2.75) is 67.2 Å². The Hall–Kier alpha value is -4.47. The number of benzene rings is 4. The molecule has 0 amide bonds. The number of ether oxygens (including phenoxy) is 1. The van der Waals surface area contributed by atoms with Gasteiger partial charge in [0.2, 0.25) is 0 Å². The molecule has 0 spiro atoms. The predicted molar refractivity (Wildman–Crippen MR) is 201 cm³/mol. The van der Waals surface area contributed by atoms with E-state index >= 15 is 0 Å². The minimum Gasteiger partial charge on any atom is -0.509 e. The summed E-state index contributed by atoms with van der Waals surface area (Å²) in [7, 11) is 0. The summed E-state index contributed by atoms with van der Waals surface area (Å²) in [5.74, 6) is 2.75. The zero-order valence-corrected chi connectivity index (χ0v) is 32.0. The van der Waals surface area contributed by atoms with Crippen LogP contribution in [0.2, 0.25) is 0 Å². The molecule has 0 aliphatic carbocycles. The summed E-state index contributed by atoms with van der Waals surface area (Å²) in [5.41, 5.74) is 9.38. The first kappa shape index (κ1) is 35.4. The van der Waals surface area contributed by atoms with Crippen molar-refractivity contribution in [1.82, 2.24) is 19.3 Å². The van der Waals surface area contributed by atoms with Crippen LogP contribution in [0, 0.1) is 30.4 Å². The average molecular weight is 840 g/mol. The Kier molecular flexibility index (Phi) is 10.5. The van der Waals surface area contributed by atoms with Gasteiger partial charge in [-0.05, 0) is 95.5 Å². The van der Waals surface area contributed by atoms with Gasteiger partial charge < -0.3 is 9.30 Å². The molecule has 7 aromatic rings. The molecule has 0 unspecified atom stereocenters. The summed E-state index contributed by atoms with van der Waals surface area (Å²) >= 11 is 0. The van der Waals surface area contributed by atoms with Gasteiger partial charge in [-0.1, -0.05) is 76.5 Å². The molecule has 3 heterocycles. The molecule has 4 aromatic carbocycles. The Morgan fingerprint density at radius 3 is 2.46 bits per heavy atom. The van der Waals surface area contributed by atoms with E-state index in [1.807, 2.05) is 41.3 Å². The summed E-state index contributed by atoms with van der Waals surface area (Å²) in [4.78, 5) is 4.81. The van der Waals surface area contributed by atoms with Crippen LogP contribution in [0.3, 0.4) is 0 Å². The number of para-hydroxylation sites is 1. The molecule has 0 N–H and O–H groups in total. The third kappa shape index (κ3) is 7.64. The molecule has 0 fully saturated rings. The number of hydrogen-bond donors (Lipinski definition) is 0. The number of nitrogens with zero attached hydrogens (tertiary/aromatic N) is 4. The van der Waals surface area contributed by atoms with Gasteiger partial charge in [0.1, 0.15) is 5.82 Å². The maximum atomic E-state index is 6.43. The van der Waals surface area contributed by atoms with Gasteiger partial charge in [-0.3, -0.25) is 4.68 Å². The fraction of sp³-hybridized carbons (Fsp3) is 0.273. The summed E-state index contributed by atoms with van der Waals surface area (Å²) < 4.78 is 10.5. The topological polar surface area (TPSA) is 44.9 Å². The molecule has 6 heteroatoms. The Bertz CT molecular complexity index is 2250. The van der Waals surface area contributed by atoms with Crippen molar-refractivity contribution in [1.29, 1.82) is 0 Å². The molecule has 0 saturated carbocycles. The quantitative estimate of drug-likeness (QED) is 0.129. The van der Waals surface area contributed by atoms with Crippen LogP contribution >= 0.6 is 0 Å². The van der Waals surface area contributed by atoms with Gasteiger partial charge in [0.25, 0.3) is 0 Å². The van der Waals surface area contributed by atoms with Crippen LogP contribution in [0.1, 0.15) is 64.2 Å². The molecule has 0 aliphatic heterocycles. The van der Waals surface area contributed by atoms with E-state index in [-0.39, 0.29) is 26.5 Å². The van der Waals surface area contributed by atoms with Crippen molar-refractivity contribution in [3.8, 4) is 34.1 Å². The van der Waals surface area contributed by atoms with Crippen LogP contribution < -0.4 is 4.74 Å². The number of aromatic nitrogens is 4. The third-order valence-corrected chi connectivity index (χ3v) is 9.20. The van der Waals surface area contributed by atoms with E-state index in [0.29, 0.717) is 17.4 Å². The number of fused-ring (bicyclic) bond motifs is 3. The molecule has 5 nitrogen and oxygen atoms in total. The van der Waals surface area contributed by atoms with Gasteiger partial charge >= 0.3 is 21.1 Å². The molecule has 0 atom stereocenters. The second kappa shape index (κ2) is 14.8. The Morgan fingerprint density at radius 2 is 1.64 bits per heavy atom. The van der Waals surface area contributed by atoms with Crippen molar-refractivity contribution in [2.24, 2.45) is 11.3 Å². The number of pyridine rings is 1. The van der Waals surface area contributed by atoms with E-state index in [4.69, 9.17) is 14.8 Å². The number of aryl methyl sites for hydroxylation is 3. The van der Waals surface area contributed by atoms with Crippen LogP contribution in [0.5, 0.6) is 11.5 Å². The second-order valence-corrected chi connectivity index (χ2v) is 14.7. The minimum absolute atomic E-state index is 0. The Labute approximate surface area is 310 Å². The van der Waals surface area contributed by atoms with E-state index in [1.165, 1.54) is 22.3 Å². The molecule has 0 bridgehead atoms. The summed E-state index contributed by atoms with van der Waals surface area (Å²) in [5, 5.41) is 7.02. The predicted octanol–water partition coefficient (Wildman–Crippen LogP) is 11.3. The summed E-state index contributed by atoms with van der Waals surface area (Å²) in [6.07, 6.45) is 10.3. The van der Waals surface area contributed by atoms with Crippen LogP contribution in [0.15, 0.2) is 104 Å². The van der Waals surface area contributed by atoms with Crippen LogP contribution in [0.4, 0.5) is 0 Å². The van der Waals surface area contributed by atoms with Crippen molar-refractivity contribution in [3.05, 3.63) is 132 Å². The van der Waals surface area contributed by atoms with Gasteiger partial charge in [-0.2, -0.15) is 17.2 Å². The first-order chi connectivity index (χ1) is 23.6. The largest absolute Gasteiger partial charge is 2.00 e. The minimum atomic E-state index is 0. The van der Waals surface area contributed by atoms with Gasteiger partial charge in [-0.25, -0.2) is 4.98 Å². The van der Waals surface area contributed by atoms with E-state index < -0.39 is 0 Å². The second-order valence-electron chi connectivity index (χ2n) is 14.7.